The van der Waals surface area contributed by atoms with Gasteiger partial charge >= 0.3 is 0 Å². The fourth-order valence-electron chi connectivity index (χ4n) is 2.06. The molecule has 0 radical (unpaired) electrons. The minimum Gasteiger partial charge on any atom is -0.508 e. The Hall–Kier alpha value is -1.55. The SMILES string of the molecule is Cc1nc(C)c(C(C)Nc2ccc(O)cc2C)s1. The summed E-state index contributed by atoms with van der Waals surface area (Å²) in [5.74, 6) is 0.301. The van der Waals surface area contributed by atoms with Crippen LogP contribution in [0.1, 0.15) is 34.1 Å². The number of aromatic hydroxyl groups is 1. The molecule has 1 heterocycles. The zero-order valence-electron chi connectivity index (χ0n) is 11.1. The van der Waals surface area contributed by atoms with Crippen molar-refractivity contribution >= 4 is 17.0 Å². The second-order valence-electron chi connectivity index (χ2n) is 4.55. The fraction of sp³-hybridized carbons (Fsp3) is 0.357. The van der Waals surface area contributed by atoms with Crippen LogP contribution < -0.4 is 5.32 Å². The average molecular weight is 262 g/mol. The highest BCUT2D eigenvalue weighted by Gasteiger charge is 2.13. The van der Waals surface area contributed by atoms with E-state index in [1.165, 1.54) is 4.88 Å². The second-order valence-corrected chi connectivity index (χ2v) is 5.78. The van der Waals surface area contributed by atoms with Crippen molar-refractivity contribution < 1.29 is 5.11 Å². The largest absolute Gasteiger partial charge is 0.508 e. The summed E-state index contributed by atoms with van der Waals surface area (Å²) in [5.41, 5.74) is 3.18. The van der Waals surface area contributed by atoms with Gasteiger partial charge in [-0.15, -0.1) is 11.3 Å². The number of rotatable bonds is 3. The Morgan fingerprint density at radius 2 is 2.00 bits per heavy atom. The van der Waals surface area contributed by atoms with E-state index in [0.717, 1.165) is 22.0 Å². The summed E-state index contributed by atoms with van der Waals surface area (Å²) < 4.78 is 0. The Kier molecular flexibility index (Phi) is 3.57. The van der Waals surface area contributed by atoms with Crippen LogP contribution in [0.15, 0.2) is 18.2 Å². The molecular weight excluding hydrogens is 244 g/mol. The number of aryl methyl sites for hydroxylation is 3. The lowest BCUT2D eigenvalue weighted by Crippen LogP contribution is -2.07. The Balaban J connectivity index is 2.21. The molecule has 0 aliphatic heterocycles. The summed E-state index contributed by atoms with van der Waals surface area (Å²) in [6, 6.07) is 5.59. The third-order valence-electron chi connectivity index (χ3n) is 2.91. The van der Waals surface area contributed by atoms with Crippen LogP contribution in [0.2, 0.25) is 0 Å². The van der Waals surface area contributed by atoms with E-state index in [1.54, 1.807) is 23.5 Å². The Morgan fingerprint density at radius 1 is 1.28 bits per heavy atom. The molecule has 4 heteroatoms. The summed E-state index contributed by atoms with van der Waals surface area (Å²) in [4.78, 5) is 5.71. The Bertz CT molecular complexity index is 563. The number of benzene rings is 1. The number of phenolic OH excluding ortho intramolecular Hbond substituents is 1. The lowest BCUT2D eigenvalue weighted by Gasteiger charge is -2.16. The molecule has 1 aromatic heterocycles. The maximum absolute atomic E-state index is 9.40. The molecule has 0 fully saturated rings. The number of anilines is 1. The fourth-order valence-corrected chi connectivity index (χ4v) is 2.99. The Morgan fingerprint density at radius 3 is 2.56 bits per heavy atom. The zero-order chi connectivity index (χ0) is 13.3. The van der Waals surface area contributed by atoms with Crippen LogP contribution in [-0.2, 0) is 0 Å². The van der Waals surface area contributed by atoms with Gasteiger partial charge in [0.25, 0.3) is 0 Å². The lowest BCUT2D eigenvalue weighted by molar-refractivity contribution is 0.475. The molecule has 3 nitrogen and oxygen atoms in total. The van der Waals surface area contributed by atoms with Gasteiger partial charge in [-0.05, 0) is 51.5 Å². The van der Waals surface area contributed by atoms with Crippen molar-refractivity contribution in [2.45, 2.75) is 33.7 Å². The number of hydrogen-bond donors (Lipinski definition) is 2. The normalized spacial score (nSPS) is 12.4. The second kappa shape index (κ2) is 4.98. The van der Waals surface area contributed by atoms with Crippen LogP contribution in [0.3, 0.4) is 0 Å². The summed E-state index contributed by atoms with van der Waals surface area (Å²) in [5, 5.41) is 14.0. The predicted molar refractivity (Wildman–Crippen MR) is 76.5 cm³/mol. The van der Waals surface area contributed by atoms with Crippen molar-refractivity contribution in [3.63, 3.8) is 0 Å². The highest BCUT2D eigenvalue weighted by Crippen LogP contribution is 2.29. The molecule has 18 heavy (non-hydrogen) atoms. The molecule has 0 saturated carbocycles. The smallest absolute Gasteiger partial charge is 0.115 e. The number of hydrogen-bond acceptors (Lipinski definition) is 4. The van der Waals surface area contributed by atoms with Gasteiger partial charge in [0, 0.05) is 10.6 Å². The van der Waals surface area contributed by atoms with Gasteiger partial charge < -0.3 is 10.4 Å². The predicted octanol–water partition coefficient (Wildman–Crippen LogP) is 3.95. The van der Waals surface area contributed by atoms with Gasteiger partial charge in [-0.1, -0.05) is 0 Å². The number of aromatic nitrogens is 1. The van der Waals surface area contributed by atoms with Crippen molar-refractivity contribution in [1.29, 1.82) is 0 Å². The van der Waals surface area contributed by atoms with Crippen LogP contribution in [0.5, 0.6) is 5.75 Å². The van der Waals surface area contributed by atoms with Crippen LogP contribution in [0.4, 0.5) is 5.69 Å². The topological polar surface area (TPSA) is 45.2 Å². The summed E-state index contributed by atoms with van der Waals surface area (Å²) in [6.07, 6.45) is 0. The first kappa shape index (κ1) is 12.9. The first-order valence-electron chi connectivity index (χ1n) is 5.97. The van der Waals surface area contributed by atoms with E-state index in [1.807, 2.05) is 26.8 Å². The van der Waals surface area contributed by atoms with E-state index >= 15 is 0 Å². The van der Waals surface area contributed by atoms with Crippen molar-refractivity contribution in [2.24, 2.45) is 0 Å². The van der Waals surface area contributed by atoms with Gasteiger partial charge in [0.15, 0.2) is 0 Å². The highest BCUT2D eigenvalue weighted by atomic mass is 32.1. The maximum atomic E-state index is 9.40. The highest BCUT2D eigenvalue weighted by molar-refractivity contribution is 7.11. The molecule has 2 aromatic rings. The van der Waals surface area contributed by atoms with Crippen molar-refractivity contribution in [3.05, 3.63) is 39.3 Å². The molecule has 1 atom stereocenters. The first-order valence-corrected chi connectivity index (χ1v) is 6.79. The van der Waals surface area contributed by atoms with Crippen molar-refractivity contribution in [2.75, 3.05) is 5.32 Å². The van der Waals surface area contributed by atoms with Crippen molar-refractivity contribution in [1.82, 2.24) is 4.98 Å². The summed E-state index contributed by atoms with van der Waals surface area (Å²) in [6.45, 7) is 8.19. The molecule has 2 N–H and O–H groups in total. The third-order valence-corrected chi connectivity index (χ3v) is 4.17. The number of nitrogens with zero attached hydrogens (tertiary/aromatic N) is 1. The first-order chi connectivity index (χ1) is 8.47. The Labute approximate surface area is 112 Å². The van der Waals surface area contributed by atoms with E-state index in [9.17, 15) is 5.11 Å². The lowest BCUT2D eigenvalue weighted by atomic mass is 10.1. The van der Waals surface area contributed by atoms with Gasteiger partial charge in [0.1, 0.15) is 5.75 Å². The van der Waals surface area contributed by atoms with Gasteiger partial charge in [0.05, 0.1) is 16.7 Å². The van der Waals surface area contributed by atoms with Gasteiger partial charge in [0.2, 0.25) is 0 Å². The van der Waals surface area contributed by atoms with E-state index in [0.29, 0.717) is 5.75 Å². The van der Waals surface area contributed by atoms with E-state index in [4.69, 9.17) is 0 Å². The number of phenols is 1. The standard InChI is InChI=1S/C14H18N2OS/c1-8-7-12(17)5-6-13(8)16-10(3)14-9(2)15-11(4)18-14/h5-7,10,16-17H,1-4H3. The van der Waals surface area contributed by atoms with E-state index in [2.05, 4.69) is 17.2 Å². The molecule has 96 valence electrons. The number of thiazole rings is 1. The zero-order valence-corrected chi connectivity index (χ0v) is 11.9. The van der Waals surface area contributed by atoms with Crippen LogP contribution in [0.25, 0.3) is 0 Å². The minimum atomic E-state index is 0.222. The van der Waals surface area contributed by atoms with Gasteiger partial charge in [-0.2, -0.15) is 0 Å². The average Bonchev–Trinajstić information content (AvgIpc) is 2.62. The molecule has 0 amide bonds. The van der Waals surface area contributed by atoms with Crippen molar-refractivity contribution in [3.8, 4) is 5.75 Å². The third kappa shape index (κ3) is 2.64. The molecule has 0 aliphatic rings. The van der Waals surface area contributed by atoms with Gasteiger partial charge in [-0.25, -0.2) is 4.98 Å². The molecule has 2 rings (SSSR count). The summed E-state index contributed by atoms with van der Waals surface area (Å²) >= 11 is 1.73. The van der Waals surface area contributed by atoms with E-state index in [-0.39, 0.29) is 6.04 Å². The molecule has 0 spiro atoms. The van der Waals surface area contributed by atoms with Crippen LogP contribution in [-0.4, -0.2) is 10.1 Å². The molecule has 0 saturated heterocycles. The molecule has 0 aliphatic carbocycles. The number of nitrogens with one attached hydrogen (secondary N) is 1. The quantitative estimate of drug-likeness (QED) is 0.823. The van der Waals surface area contributed by atoms with Crippen LogP contribution in [0, 0.1) is 20.8 Å². The minimum absolute atomic E-state index is 0.222. The molecule has 1 unspecified atom stereocenters. The summed E-state index contributed by atoms with van der Waals surface area (Å²) in [7, 11) is 0. The van der Waals surface area contributed by atoms with Crippen LogP contribution >= 0.6 is 11.3 Å². The van der Waals surface area contributed by atoms with E-state index < -0.39 is 0 Å². The molecule has 0 bridgehead atoms. The maximum Gasteiger partial charge on any atom is 0.115 e. The van der Waals surface area contributed by atoms with Gasteiger partial charge in [-0.3, -0.25) is 0 Å². The monoisotopic (exact) mass is 262 g/mol. The molecular formula is C14H18N2OS. The molecule has 1 aromatic carbocycles.